The fourth-order valence-corrected chi connectivity index (χ4v) is 4.64. The van der Waals surface area contributed by atoms with Crippen molar-refractivity contribution < 1.29 is 4.79 Å². The first kappa shape index (κ1) is 18.1. The smallest absolute Gasteiger partial charge is 0.240 e. The van der Waals surface area contributed by atoms with Gasteiger partial charge < -0.3 is 10.7 Å². The largest absolute Gasteiger partial charge is 0.325 e. The summed E-state index contributed by atoms with van der Waals surface area (Å²) >= 11 is 4.88. The van der Waals surface area contributed by atoms with Crippen molar-refractivity contribution in [2.75, 3.05) is 10.7 Å². The van der Waals surface area contributed by atoms with Crippen LogP contribution in [0.4, 0.5) is 5.69 Å². The summed E-state index contributed by atoms with van der Waals surface area (Å²) < 4.78 is 2.83. The Morgan fingerprint density at radius 3 is 2.70 bits per heavy atom. The van der Waals surface area contributed by atoms with E-state index in [0.717, 1.165) is 27.1 Å². The number of carbonyl (C=O) groups excluding carboxylic acids is 1. The number of nitrogens with one attached hydrogen (secondary N) is 2. The first-order chi connectivity index (χ1) is 13.0. The highest BCUT2D eigenvalue weighted by Crippen LogP contribution is 2.37. The van der Waals surface area contributed by atoms with Gasteiger partial charge >= 0.3 is 0 Å². The molecule has 0 aliphatic carbocycles. The third kappa shape index (κ3) is 3.59. The number of aromatic nitrogens is 3. The van der Waals surface area contributed by atoms with Gasteiger partial charge in [-0.25, -0.2) is 4.68 Å². The highest BCUT2D eigenvalue weighted by molar-refractivity contribution is 9.10. The van der Waals surface area contributed by atoms with Crippen molar-refractivity contribution in [1.82, 2.24) is 14.9 Å². The average molecular weight is 444 g/mol. The molecule has 2 atom stereocenters. The van der Waals surface area contributed by atoms with Crippen molar-refractivity contribution >= 4 is 39.3 Å². The first-order valence-corrected chi connectivity index (χ1v) is 10.2. The van der Waals surface area contributed by atoms with Crippen LogP contribution in [-0.4, -0.2) is 26.0 Å². The lowest BCUT2D eigenvalue weighted by molar-refractivity contribution is -0.116. The molecule has 6 nitrogen and oxygen atoms in total. The molecule has 1 aliphatic rings. The predicted octanol–water partition coefficient (Wildman–Crippen LogP) is 4.06. The van der Waals surface area contributed by atoms with Crippen molar-refractivity contribution in [3.05, 3.63) is 70.0 Å². The summed E-state index contributed by atoms with van der Waals surface area (Å²) in [5, 5.41) is 11.7. The van der Waals surface area contributed by atoms with Gasteiger partial charge in [0.25, 0.3) is 0 Å². The molecule has 2 N–H and O–H groups in total. The van der Waals surface area contributed by atoms with Crippen LogP contribution in [0.15, 0.2) is 58.2 Å². The van der Waals surface area contributed by atoms with Gasteiger partial charge in [0.2, 0.25) is 11.1 Å². The molecule has 0 saturated heterocycles. The number of anilines is 1. The third-order valence-electron chi connectivity index (χ3n) is 4.46. The molecule has 0 saturated carbocycles. The number of hydrogen-bond donors (Lipinski definition) is 2. The van der Waals surface area contributed by atoms with Crippen LogP contribution in [0.5, 0.6) is 0 Å². The van der Waals surface area contributed by atoms with E-state index in [9.17, 15) is 4.79 Å². The SMILES string of the molecule is Cc1cc(Br)ccc1NC(=O)[C@H]1Sc2nnc(C)n2N[C@H]1c1ccccc1. The van der Waals surface area contributed by atoms with Gasteiger partial charge in [0.05, 0.1) is 6.04 Å². The van der Waals surface area contributed by atoms with Gasteiger partial charge in [0.15, 0.2) is 0 Å². The monoisotopic (exact) mass is 443 g/mol. The number of aryl methyl sites for hydroxylation is 2. The van der Waals surface area contributed by atoms with Gasteiger partial charge in [-0.3, -0.25) is 4.79 Å². The summed E-state index contributed by atoms with van der Waals surface area (Å²) in [4.78, 5) is 13.2. The molecule has 138 valence electrons. The molecule has 3 aromatic rings. The Balaban J connectivity index is 1.66. The molecular weight excluding hydrogens is 426 g/mol. The summed E-state index contributed by atoms with van der Waals surface area (Å²) in [7, 11) is 0. The number of nitrogens with zero attached hydrogens (tertiary/aromatic N) is 3. The lowest BCUT2D eigenvalue weighted by atomic mass is 10.0. The number of benzene rings is 2. The molecule has 1 amide bonds. The van der Waals surface area contributed by atoms with E-state index >= 15 is 0 Å². The van der Waals surface area contributed by atoms with Crippen molar-refractivity contribution in [2.24, 2.45) is 0 Å². The molecule has 0 spiro atoms. The Morgan fingerprint density at radius 1 is 1.19 bits per heavy atom. The molecule has 2 aromatic carbocycles. The Labute approximate surface area is 169 Å². The highest BCUT2D eigenvalue weighted by Gasteiger charge is 2.37. The Hall–Kier alpha value is -2.32. The standard InChI is InChI=1S/C19H18BrN5OS/c1-11-10-14(20)8-9-15(11)21-18(26)17-16(13-6-4-3-5-7-13)24-25-12(2)22-23-19(25)27-17/h3-10,16-17,24H,1-2H3,(H,21,26)/t16-,17-/m0/s1. The molecule has 2 heterocycles. The van der Waals surface area contributed by atoms with E-state index in [2.05, 4.69) is 36.9 Å². The minimum absolute atomic E-state index is 0.0707. The second kappa shape index (κ2) is 7.36. The zero-order chi connectivity index (χ0) is 19.0. The number of amides is 1. The molecule has 0 radical (unpaired) electrons. The molecule has 0 unspecified atom stereocenters. The zero-order valence-corrected chi connectivity index (χ0v) is 17.2. The molecular formula is C19H18BrN5OS. The number of hydrogen-bond acceptors (Lipinski definition) is 5. The van der Waals surface area contributed by atoms with Gasteiger partial charge in [-0.2, -0.15) is 0 Å². The Bertz CT molecular complexity index is 991. The van der Waals surface area contributed by atoms with Crippen LogP contribution in [0, 0.1) is 13.8 Å². The minimum atomic E-state index is -0.383. The normalized spacial score (nSPS) is 18.5. The maximum absolute atomic E-state index is 13.2. The zero-order valence-electron chi connectivity index (χ0n) is 14.8. The number of halogens is 1. The average Bonchev–Trinajstić information content (AvgIpc) is 3.04. The minimum Gasteiger partial charge on any atom is -0.325 e. The van der Waals surface area contributed by atoms with Crippen LogP contribution in [0.1, 0.15) is 23.0 Å². The van der Waals surface area contributed by atoms with E-state index in [0.29, 0.717) is 5.16 Å². The maximum atomic E-state index is 13.2. The molecule has 0 fully saturated rings. The topological polar surface area (TPSA) is 71.8 Å². The molecule has 4 rings (SSSR count). The van der Waals surface area contributed by atoms with Crippen LogP contribution in [-0.2, 0) is 4.79 Å². The summed E-state index contributed by atoms with van der Waals surface area (Å²) in [6, 6.07) is 15.6. The number of thioether (sulfide) groups is 1. The molecule has 1 aromatic heterocycles. The van der Waals surface area contributed by atoms with Gasteiger partial charge in [0, 0.05) is 10.2 Å². The molecule has 8 heteroatoms. The number of rotatable bonds is 3. The number of fused-ring (bicyclic) bond motifs is 1. The second-order valence-corrected chi connectivity index (χ2v) is 8.39. The van der Waals surface area contributed by atoms with Crippen LogP contribution in [0.25, 0.3) is 0 Å². The van der Waals surface area contributed by atoms with Gasteiger partial charge in [-0.15, -0.1) is 10.2 Å². The first-order valence-electron chi connectivity index (χ1n) is 8.50. The van der Waals surface area contributed by atoms with Gasteiger partial charge in [-0.1, -0.05) is 58.0 Å². The van der Waals surface area contributed by atoms with Crippen LogP contribution >= 0.6 is 27.7 Å². The van der Waals surface area contributed by atoms with Crippen LogP contribution < -0.4 is 10.7 Å². The van der Waals surface area contributed by atoms with E-state index in [1.165, 1.54) is 11.8 Å². The van der Waals surface area contributed by atoms with Crippen LogP contribution in [0.3, 0.4) is 0 Å². The van der Waals surface area contributed by atoms with E-state index in [-0.39, 0.29) is 17.2 Å². The van der Waals surface area contributed by atoms with Gasteiger partial charge in [0.1, 0.15) is 11.1 Å². The highest BCUT2D eigenvalue weighted by atomic mass is 79.9. The lowest BCUT2D eigenvalue weighted by Gasteiger charge is -2.32. The summed E-state index contributed by atoms with van der Waals surface area (Å²) in [5.74, 6) is 0.694. The second-order valence-electron chi connectivity index (χ2n) is 6.37. The molecule has 1 aliphatic heterocycles. The maximum Gasteiger partial charge on any atom is 0.240 e. The lowest BCUT2D eigenvalue weighted by Crippen LogP contribution is -2.41. The quantitative estimate of drug-likeness (QED) is 0.638. The Morgan fingerprint density at radius 2 is 1.96 bits per heavy atom. The van der Waals surface area contributed by atoms with E-state index in [1.54, 1.807) is 0 Å². The fraction of sp³-hybridized carbons (Fsp3) is 0.211. The molecule has 0 bridgehead atoms. The predicted molar refractivity (Wildman–Crippen MR) is 110 cm³/mol. The Kier molecular flexibility index (Phi) is 4.92. The fourth-order valence-electron chi connectivity index (χ4n) is 3.04. The van der Waals surface area contributed by atoms with Crippen molar-refractivity contribution in [3.8, 4) is 0 Å². The van der Waals surface area contributed by atoms with Gasteiger partial charge in [-0.05, 0) is 43.2 Å². The van der Waals surface area contributed by atoms with E-state index in [4.69, 9.17) is 0 Å². The summed E-state index contributed by atoms with van der Waals surface area (Å²) in [6.07, 6.45) is 0. The van der Waals surface area contributed by atoms with Crippen LogP contribution in [0.2, 0.25) is 0 Å². The third-order valence-corrected chi connectivity index (χ3v) is 6.17. The van der Waals surface area contributed by atoms with Crippen molar-refractivity contribution in [1.29, 1.82) is 0 Å². The van der Waals surface area contributed by atoms with Crippen molar-refractivity contribution in [3.63, 3.8) is 0 Å². The summed E-state index contributed by atoms with van der Waals surface area (Å²) in [5.41, 5.74) is 6.25. The summed E-state index contributed by atoms with van der Waals surface area (Å²) in [6.45, 7) is 3.86. The molecule has 27 heavy (non-hydrogen) atoms. The van der Waals surface area contributed by atoms with Crippen molar-refractivity contribution in [2.45, 2.75) is 30.3 Å². The number of carbonyl (C=O) groups is 1. The van der Waals surface area contributed by atoms with E-state index < -0.39 is 0 Å². The van der Waals surface area contributed by atoms with E-state index in [1.807, 2.05) is 67.1 Å².